The standard InChI is InChI=1S/C16H17ClF2N2/c1-3-8-20-16(13-7-5-11(17)9-21-13)12-6-4-10(2)14(18)15(12)19/h4-7,9,16,20H,3,8H2,1-2H3. The number of nitrogens with zero attached hydrogens (tertiary/aromatic N) is 1. The first-order valence-corrected chi connectivity index (χ1v) is 7.21. The molecule has 0 amide bonds. The maximum Gasteiger partial charge on any atom is 0.164 e. The van der Waals surface area contributed by atoms with Gasteiger partial charge in [-0.2, -0.15) is 0 Å². The van der Waals surface area contributed by atoms with E-state index in [1.165, 1.54) is 13.1 Å². The average Bonchev–Trinajstić information content (AvgIpc) is 2.48. The lowest BCUT2D eigenvalue weighted by molar-refractivity contribution is 0.474. The molecule has 5 heteroatoms. The molecular weight excluding hydrogens is 294 g/mol. The Morgan fingerprint density at radius 3 is 2.57 bits per heavy atom. The van der Waals surface area contributed by atoms with Gasteiger partial charge in [0.1, 0.15) is 0 Å². The lowest BCUT2D eigenvalue weighted by Gasteiger charge is -2.20. The highest BCUT2D eigenvalue weighted by Crippen LogP contribution is 2.26. The van der Waals surface area contributed by atoms with Gasteiger partial charge in [0.25, 0.3) is 0 Å². The number of nitrogens with one attached hydrogen (secondary N) is 1. The Balaban J connectivity index is 2.45. The van der Waals surface area contributed by atoms with Gasteiger partial charge in [0.05, 0.1) is 16.8 Å². The smallest absolute Gasteiger partial charge is 0.164 e. The van der Waals surface area contributed by atoms with Crippen molar-refractivity contribution in [3.05, 3.63) is 63.9 Å². The van der Waals surface area contributed by atoms with Crippen LogP contribution in [-0.2, 0) is 0 Å². The van der Waals surface area contributed by atoms with Crippen LogP contribution in [0.4, 0.5) is 8.78 Å². The predicted octanol–water partition coefficient (Wildman–Crippen LogP) is 4.41. The molecule has 0 fully saturated rings. The van der Waals surface area contributed by atoms with Gasteiger partial charge < -0.3 is 5.32 Å². The number of pyridine rings is 1. The summed E-state index contributed by atoms with van der Waals surface area (Å²) in [6.45, 7) is 4.21. The minimum Gasteiger partial charge on any atom is -0.305 e. The molecule has 21 heavy (non-hydrogen) atoms. The third-order valence-corrected chi connectivity index (χ3v) is 3.48. The normalized spacial score (nSPS) is 12.4. The first kappa shape index (κ1) is 15.9. The Kier molecular flexibility index (Phi) is 5.26. The zero-order valence-corrected chi connectivity index (χ0v) is 12.7. The van der Waals surface area contributed by atoms with Gasteiger partial charge in [-0.1, -0.05) is 30.7 Å². The van der Waals surface area contributed by atoms with Gasteiger partial charge in [0, 0.05) is 11.8 Å². The second-order valence-electron chi connectivity index (χ2n) is 4.89. The molecule has 1 aromatic carbocycles. The van der Waals surface area contributed by atoms with Crippen LogP contribution in [0.5, 0.6) is 0 Å². The second-order valence-corrected chi connectivity index (χ2v) is 5.32. The molecule has 1 aromatic heterocycles. The first-order valence-electron chi connectivity index (χ1n) is 6.84. The Bertz CT molecular complexity index is 614. The third-order valence-electron chi connectivity index (χ3n) is 3.26. The molecule has 112 valence electrons. The van der Waals surface area contributed by atoms with Gasteiger partial charge in [-0.3, -0.25) is 4.98 Å². The zero-order chi connectivity index (χ0) is 15.4. The fraction of sp³-hybridized carbons (Fsp3) is 0.312. The average molecular weight is 311 g/mol. The van der Waals surface area contributed by atoms with Crippen molar-refractivity contribution in [3.63, 3.8) is 0 Å². The molecule has 0 spiro atoms. The Hall–Kier alpha value is -1.52. The van der Waals surface area contributed by atoms with E-state index in [2.05, 4.69) is 10.3 Å². The number of aryl methyl sites for hydroxylation is 1. The van der Waals surface area contributed by atoms with E-state index >= 15 is 0 Å². The highest BCUT2D eigenvalue weighted by atomic mass is 35.5. The summed E-state index contributed by atoms with van der Waals surface area (Å²) >= 11 is 5.83. The molecular formula is C16H17ClF2N2. The largest absolute Gasteiger partial charge is 0.305 e. The Labute approximate surface area is 128 Å². The van der Waals surface area contributed by atoms with E-state index in [9.17, 15) is 8.78 Å². The van der Waals surface area contributed by atoms with Crippen LogP contribution in [0.25, 0.3) is 0 Å². The number of aromatic nitrogens is 1. The molecule has 2 nitrogen and oxygen atoms in total. The number of halogens is 3. The van der Waals surface area contributed by atoms with Gasteiger partial charge in [-0.15, -0.1) is 0 Å². The van der Waals surface area contributed by atoms with Crippen LogP contribution in [0.15, 0.2) is 30.5 Å². The van der Waals surface area contributed by atoms with Crippen molar-refractivity contribution in [2.75, 3.05) is 6.54 Å². The maximum absolute atomic E-state index is 14.2. The zero-order valence-electron chi connectivity index (χ0n) is 12.0. The summed E-state index contributed by atoms with van der Waals surface area (Å²) < 4.78 is 28.0. The molecule has 0 saturated heterocycles. The van der Waals surface area contributed by atoms with Gasteiger partial charge >= 0.3 is 0 Å². The van der Waals surface area contributed by atoms with Gasteiger partial charge in [-0.25, -0.2) is 8.78 Å². The lowest BCUT2D eigenvalue weighted by atomic mass is 10.00. The highest BCUT2D eigenvalue weighted by Gasteiger charge is 2.21. The molecule has 2 aromatic rings. The Morgan fingerprint density at radius 1 is 1.19 bits per heavy atom. The molecule has 0 aliphatic rings. The fourth-order valence-corrected chi connectivity index (χ4v) is 2.22. The van der Waals surface area contributed by atoms with E-state index in [1.807, 2.05) is 6.92 Å². The van der Waals surface area contributed by atoms with Crippen molar-refractivity contribution in [1.29, 1.82) is 0 Å². The van der Waals surface area contributed by atoms with Crippen LogP contribution >= 0.6 is 11.6 Å². The number of hydrogen-bond donors (Lipinski definition) is 1. The van der Waals surface area contributed by atoms with E-state index in [0.717, 1.165) is 6.42 Å². The van der Waals surface area contributed by atoms with Gasteiger partial charge in [0.15, 0.2) is 11.6 Å². The van der Waals surface area contributed by atoms with Crippen molar-refractivity contribution in [2.45, 2.75) is 26.3 Å². The van der Waals surface area contributed by atoms with Crippen LogP contribution < -0.4 is 5.32 Å². The minimum absolute atomic E-state index is 0.251. The van der Waals surface area contributed by atoms with Crippen LogP contribution in [0.1, 0.15) is 36.2 Å². The van der Waals surface area contributed by atoms with E-state index in [-0.39, 0.29) is 11.1 Å². The van der Waals surface area contributed by atoms with Crippen LogP contribution in [0.3, 0.4) is 0 Å². The van der Waals surface area contributed by atoms with E-state index in [0.29, 0.717) is 17.3 Å². The summed E-state index contributed by atoms with van der Waals surface area (Å²) in [6, 6.07) is 6.07. The fourth-order valence-electron chi connectivity index (χ4n) is 2.10. The van der Waals surface area contributed by atoms with Crippen molar-refractivity contribution >= 4 is 11.6 Å². The summed E-state index contributed by atoms with van der Waals surface area (Å²) in [5, 5.41) is 3.70. The second kappa shape index (κ2) is 6.96. The SMILES string of the molecule is CCCNC(c1ccc(Cl)cn1)c1ccc(C)c(F)c1F. The summed E-state index contributed by atoms with van der Waals surface area (Å²) in [6.07, 6.45) is 2.38. The van der Waals surface area contributed by atoms with E-state index in [1.54, 1.807) is 24.3 Å². The molecule has 0 bridgehead atoms. The summed E-state index contributed by atoms with van der Waals surface area (Å²) in [4.78, 5) is 4.22. The van der Waals surface area contributed by atoms with Crippen LogP contribution in [-0.4, -0.2) is 11.5 Å². The molecule has 1 N–H and O–H groups in total. The molecule has 1 unspecified atom stereocenters. The molecule has 0 aliphatic carbocycles. The molecule has 0 saturated carbocycles. The quantitative estimate of drug-likeness (QED) is 0.885. The van der Waals surface area contributed by atoms with Crippen molar-refractivity contribution in [2.24, 2.45) is 0 Å². The predicted molar refractivity (Wildman–Crippen MR) is 80.5 cm³/mol. The van der Waals surface area contributed by atoms with Gasteiger partial charge in [0.2, 0.25) is 0 Å². The third kappa shape index (κ3) is 3.57. The summed E-state index contributed by atoms with van der Waals surface area (Å²) in [5.41, 5.74) is 1.14. The van der Waals surface area contributed by atoms with E-state index < -0.39 is 17.7 Å². The van der Waals surface area contributed by atoms with Crippen LogP contribution in [0.2, 0.25) is 5.02 Å². The maximum atomic E-state index is 14.2. The van der Waals surface area contributed by atoms with Gasteiger partial charge in [-0.05, 0) is 37.6 Å². The molecule has 2 rings (SSSR count). The topological polar surface area (TPSA) is 24.9 Å². The highest BCUT2D eigenvalue weighted by molar-refractivity contribution is 6.30. The van der Waals surface area contributed by atoms with Crippen molar-refractivity contribution in [3.8, 4) is 0 Å². The molecule has 0 radical (unpaired) electrons. The number of hydrogen-bond acceptors (Lipinski definition) is 2. The first-order chi connectivity index (χ1) is 10.0. The monoisotopic (exact) mass is 310 g/mol. The van der Waals surface area contributed by atoms with Crippen molar-refractivity contribution < 1.29 is 8.78 Å². The lowest BCUT2D eigenvalue weighted by Crippen LogP contribution is -2.25. The van der Waals surface area contributed by atoms with Crippen LogP contribution in [0, 0.1) is 18.6 Å². The van der Waals surface area contributed by atoms with Crippen molar-refractivity contribution in [1.82, 2.24) is 10.3 Å². The molecule has 0 aliphatic heterocycles. The summed E-state index contributed by atoms with van der Waals surface area (Å²) in [5.74, 6) is -1.65. The number of rotatable bonds is 5. The molecule has 1 atom stereocenters. The number of benzene rings is 1. The minimum atomic E-state index is -0.833. The Morgan fingerprint density at radius 2 is 1.95 bits per heavy atom. The molecule has 1 heterocycles. The summed E-state index contributed by atoms with van der Waals surface area (Å²) in [7, 11) is 0. The van der Waals surface area contributed by atoms with E-state index in [4.69, 9.17) is 11.6 Å².